The number of aryl methyl sites for hydroxylation is 1. The summed E-state index contributed by atoms with van der Waals surface area (Å²) in [6.45, 7) is 9.78. The zero-order chi connectivity index (χ0) is 28.1. The van der Waals surface area contributed by atoms with Gasteiger partial charge in [0.2, 0.25) is 0 Å². The smallest absolute Gasteiger partial charge is 0.0165 e. The van der Waals surface area contributed by atoms with Gasteiger partial charge in [0, 0.05) is 10.8 Å². The second kappa shape index (κ2) is 7.31. The van der Waals surface area contributed by atoms with E-state index in [0.717, 1.165) is 12.8 Å². The number of fused-ring (bicyclic) bond motifs is 12. The molecule has 0 aromatic heterocycles. The van der Waals surface area contributed by atoms with Crippen molar-refractivity contribution in [2.24, 2.45) is 0 Å². The Bertz CT molecular complexity index is 2450. The Hall–Kier alpha value is -4.42. The van der Waals surface area contributed by atoms with E-state index in [9.17, 15) is 0 Å². The molecule has 200 valence electrons. The fraction of sp³-hybridized carbons (Fsp3) is 0.190. The van der Waals surface area contributed by atoms with Crippen molar-refractivity contribution >= 4 is 49.2 Å². The minimum atomic E-state index is -0.102. The molecule has 10 rings (SSSR count). The third-order valence-electron chi connectivity index (χ3n) is 11.2. The van der Waals surface area contributed by atoms with E-state index >= 15 is 0 Å². The summed E-state index contributed by atoms with van der Waals surface area (Å²) < 4.78 is 0. The van der Waals surface area contributed by atoms with Crippen LogP contribution in [-0.2, 0) is 17.3 Å². The third kappa shape index (κ3) is 2.53. The first-order valence-corrected chi connectivity index (χ1v) is 15.5. The Morgan fingerprint density at radius 1 is 0.524 bits per heavy atom. The van der Waals surface area contributed by atoms with Gasteiger partial charge in [0.1, 0.15) is 0 Å². The van der Waals surface area contributed by atoms with Crippen LogP contribution in [0.2, 0.25) is 0 Å². The van der Waals surface area contributed by atoms with E-state index in [2.05, 4.69) is 125 Å². The molecular formula is C42H32. The summed E-state index contributed by atoms with van der Waals surface area (Å²) in [6, 6.07) is 35.4. The summed E-state index contributed by atoms with van der Waals surface area (Å²) in [6.07, 6.45) is 4.72. The first kappa shape index (κ1) is 23.2. The second-order valence-electron chi connectivity index (χ2n) is 14.0. The summed E-state index contributed by atoms with van der Waals surface area (Å²) in [7, 11) is 0. The molecule has 0 radical (unpaired) electrons. The average molecular weight is 537 g/mol. The van der Waals surface area contributed by atoms with E-state index in [1.165, 1.54) is 98.4 Å². The lowest BCUT2D eigenvalue weighted by atomic mass is 9.78. The molecule has 42 heavy (non-hydrogen) atoms. The van der Waals surface area contributed by atoms with Crippen molar-refractivity contribution in [3.8, 4) is 22.3 Å². The highest BCUT2D eigenvalue weighted by molar-refractivity contribution is 6.21. The maximum absolute atomic E-state index is 2.60. The molecule has 0 bridgehead atoms. The molecule has 0 heterocycles. The standard InChI is InChI=1S/C42H32/c1-41(2)33-22-32-34(42(3,4)40-29-15-8-6-13-27(29)26-12-5-7-14-28(26)39(32)40)21-31(33)38-30-19-18-24-11-9-10-23-16-17-25(20-35(38)41)37(30)36(23)24/h5-8,10,12-22H,9,11H2,1-4H3. The zero-order valence-electron chi connectivity index (χ0n) is 24.7. The van der Waals surface area contributed by atoms with Crippen molar-refractivity contribution in [1.82, 2.24) is 0 Å². The fourth-order valence-corrected chi connectivity index (χ4v) is 9.27. The maximum Gasteiger partial charge on any atom is 0.0165 e. The Balaban J connectivity index is 1.35. The van der Waals surface area contributed by atoms with Crippen LogP contribution in [0.15, 0.2) is 91.0 Å². The molecule has 0 nitrogen and oxygen atoms in total. The SMILES string of the molecule is CC1(C)c2cc3c(cc2-c2c1cc1ccc4c5c(ccc2c15)CCC=4)C(C)(C)c1c-3c2ccccc2c2ccccc12. The van der Waals surface area contributed by atoms with Crippen LogP contribution in [-0.4, -0.2) is 0 Å². The lowest BCUT2D eigenvalue weighted by Crippen LogP contribution is -2.17. The van der Waals surface area contributed by atoms with Crippen molar-refractivity contribution in [3.63, 3.8) is 0 Å². The van der Waals surface area contributed by atoms with Gasteiger partial charge in [-0.15, -0.1) is 0 Å². The molecule has 3 aliphatic carbocycles. The van der Waals surface area contributed by atoms with Crippen LogP contribution in [0.3, 0.4) is 0 Å². The summed E-state index contributed by atoms with van der Waals surface area (Å²) >= 11 is 0. The van der Waals surface area contributed by atoms with E-state index in [-0.39, 0.29) is 10.8 Å². The van der Waals surface area contributed by atoms with Gasteiger partial charge in [-0.2, -0.15) is 0 Å². The molecule has 0 spiro atoms. The van der Waals surface area contributed by atoms with Gasteiger partial charge in [-0.3, -0.25) is 0 Å². The van der Waals surface area contributed by atoms with Gasteiger partial charge in [0.05, 0.1) is 0 Å². The van der Waals surface area contributed by atoms with Crippen molar-refractivity contribution in [3.05, 3.63) is 124 Å². The van der Waals surface area contributed by atoms with E-state index in [0.29, 0.717) is 0 Å². The predicted octanol–water partition coefficient (Wildman–Crippen LogP) is 10.4. The highest BCUT2D eigenvalue weighted by atomic mass is 14.5. The van der Waals surface area contributed by atoms with Gasteiger partial charge in [-0.05, 0) is 129 Å². The second-order valence-corrected chi connectivity index (χ2v) is 14.0. The molecular weight excluding hydrogens is 504 g/mol. The minimum absolute atomic E-state index is 0.0796. The molecule has 0 unspecified atom stereocenters. The summed E-state index contributed by atoms with van der Waals surface area (Å²) in [4.78, 5) is 0. The molecule has 0 aliphatic heterocycles. The Morgan fingerprint density at radius 2 is 1.19 bits per heavy atom. The van der Waals surface area contributed by atoms with Crippen LogP contribution >= 0.6 is 0 Å². The number of benzene rings is 7. The normalized spacial score (nSPS) is 17.0. The van der Waals surface area contributed by atoms with Gasteiger partial charge < -0.3 is 0 Å². The van der Waals surface area contributed by atoms with Crippen LogP contribution in [0.4, 0.5) is 0 Å². The van der Waals surface area contributed by atoms with Crippen LogP contribution in [0, 0.1) is 0 Å². The quantitative estimate of drug-likeness (QED) is 0.169. The van der Waals surface area contributed by atoms with Gasteiger partial charge in [-0.25, -0.2) is 0 Å². The Morgan fingerprint density at radius 3 is 1.98 bits per heavy atom. The molecule has 3 aliphatic rings. The van der Waals surface area contributed by atoms with E-state index in [1.54, 1.807) is 0 Å². The fourth-order valence-electron chi connectivity index (χ4n) is 9.27. The summed E-state index contributed by atoms with van der Waals surface area (Å²) in [5.74, 6) is 0. The molecule has 0 saturated carbocycles. The largest absolute Gasteiger partial charge is 0.0763 e. The van der Waals surface area contributed by atoms with Gasteiger partial charge in [0.25, 0.3) is 0 Å². The number of rotatable bonds is 0. The van der Waals surface area contributed by atoms with E-state index in [1.807, 2.05) is 0 Å². The Labute approximate surface area is 246 Å². The zero-order valence-corrected chi connectivity index (χ0v) is 24.7. The number of hydrogen-bond donors (Lipinski definition) is 0. The van der Waals surface area contributed by atoms with E-state index in [4.69, 9.17) is 0 Å². The Kier molecular flexibility index (Phi) is 4.04. The lowest BCUT2D eigenvalue weighted by molar-refractivity contribution is 0.655. The monoisotopic (exact) mass is 536 g/mol. The molecule has 0 saturated heterocycles. The molecule has 0 N–H and O–H groups in total. The topological polar surface area (TPSA) is 0 Å². The average Bonchev–Trinajstić information content (AvgIpc) is 3.38. The highest BCUT2D eigenvalue weighted by Gasteiger charge is 2.43. The van der Waals surface area contributed by atoms with Crippen LogP contribution < -0.4 is 5.22 Å². The molecule has 0 amide bonds. The van der Waals surface area contributed by atoms with Crippen molar-refractivity contribution in [2.75, 3.05) is 0 Å². The molecule has 0 atom stereocenters. The highest BCUT2D eigenvalue weighted by Crippen LogP contribution is 2.60. The van der Waals surface area contributed by atoms with Crippen LogP contribution in [0.1, 0.15) is 61.9 Å². The van der Waals surface area contributed by atoms with Crippen LogP contribution in [0.5, 0.6) is 0 Å². The summed E-state index contributed by atoms with van der Waals surface area (Å²) in [5, 5.41) is 12.7. The maximum atomic E-state index is 2.60. The molecule has 7 aromatic carbocycles. The molecule has 7 aromatic rings. The first-order chi connectivity index (χ1) is 20.4. The molecule has 0 fully saturated rings. The van der Waals surface area contributed by atoms with Gasteiger partial charge in [0.15, 0.2) is 0 Å². The predicted molar refractivity (Wildman–Crippen MR) is 180 cm³/mol. The van der Waals surface area contributed by atoms with E-state index < -0.39 is 0 Å². The summed E-state index contributed by atoms with van der Waals surface area (Å²) in [5.41, 5.74) is 13.0. The number of hydrogen-bond acceptors (Lipinski definition) is 0. The molecule has 0 heteroatoms. The van der Waals surface area contributed by atoms with Crippen molar-refractivity contribution < 1.29 is 0 Å². The van der Waals surface area contributed by atoms with Gasteiger partial charge in [-0.1, -0.05) is 107 Å². The lowest BCUT2D eigenvalue weighted by Gasteiger charge is -2.25. The third-order valence-corrected chi connectivity index (χ3v) is 11.2. The minimum Gasteiger partial charge on any atom is -0.0763 e. The first-order valence-electron chi connectivity index (χ1n) is 15.5. The van der Waals surface area contributed by atoms with Gasteiger partial charge >= 0.3 is 0 Å². The van der Waals surface area contributed by atoms with Crippen LogP contribution in [0.25, 0.3) is 71.4 Å². The van der Waals surface area contributed by atoms with Crippen molar-refractivity contribution in [2.45, 2.75) is 51.4 Å². The van der Waals surface area contributed by atoms with Crippen molar-refractivity contribution in [1.29, 1.82) is 0 Å².